The molecule has 170 valence electrons. The summed E-state index contributed by atoms with van der Waals surface area (Å²) in [5.41, 5.74) is 5.22. The summed E-state index contributed by atoms with van der Waals surface area (Å²) in [4.78, 5) is 21.8. The standard InChI is InChI=1S/C21H44N6O2/c1-21(2,3)29-20(28)23-7-4-5-8-24-10-14-26(15-11-24)18-19-27-16-12-25(9-6-22)13-17-27/h4-19,22H2,1-3H3,(H,23,28). The number of nitrogens with zero attached hydrogens (tertiary/aromatic N) is 4. The Hall–Kier alpha value is -0.930. The Morgan fingerprint density at radius 1 is 0.793 bits per heavy atom. The summed E-state index contributed by atoms with van der Waals surface area (Å²) in [6, 6.07) is 0. The Kier molecular flexibility index (Phi) is 10.7. The largest absolute Gasteiger partial charge is 0.444 e. The van der Waals surface area contributed by atoms with Gasteiger partial charge in [0.1, 0.15) is 5.60 Å². The number of carbonyl (C=O) groups excluding carboxylic acids is 1. The number of hydrogen-bond acceptors (Lipinski definition) is 7. The lowest BCUT2D eigenvalue weighted by atomic mass is 10.2. The predicted octanol–water partition coefficient (Wildman–Crippen LogP) is 0.485. The van der Waals surface area contributed by atoms with Crippen molar-refractivity contribution in [3.05, 3.63) is 0 Å². The second kappa shape index (κ2) is 12.7. The van der Waals surface area contributed by atoms with Crippen LogP contribution in [0.1, 0.15) is 33.6 Å². The van der Waals surface area contributed by atoms with Crippen molar-refractivity contribution in [2.45, 2.75) is 39.2 Å². The van der Waals surface area contributed by atoms with Crippen LogP contribution in [0.4, 0.5) is 4.79 Å². The molecular weight excluding hydrogens is 368 g/mol. The smallest absolute Gasteiger partial charge is 0.407 e. The van der Waals surface area contributed by atoms with Gasteiger partial charge < -0.3 is 20.7 Å². The van der Waals surface area contributed by atoms with Crippen molar-refractivity contribution in [2.24, 2.45) is 5.73 Å². The monoisotopic (exact) mass is 412 g/mol. The fourth-order valence-electron chi connectivity index (χ4n) is 3.90. The van der Waals surface area contributed by atoms with Gasteiger partial charge in [0.05, 0.1) is 0 Å². The third-order valence-corrected chi connectivity index (χ3v) is 5.68. The molecule has 8 heteroatoms. The van der Waals surface area contributed by atoms with Gasteiger partial charge in [-0.15, -0.1) is 0 Å². The van der Waals surface area contributed by atoms with E-state index in [1.807, 2.05) is 20.8 Å². The van der Waals surface area contributed by atoms with Crippen LogP contribution in [0.3, 0.4) is 0 Å². The van der Waals surface area contributed by atoms with Gasteiger partial charge in [-0.3, -0.25) is 14.7 Å². The zero-order valence-electron chi connectivity index (χ0n) is 19.0. The van der Waals surface area contributed by atoms with Crippen molar-refractivity contribution < 1.29 is 9.53 Å². The van der Waals surface area contributed by atoms with Gasteiger partial charge in [-0.25, -0.2) is 4.79 Å². The number of unbranched alkanes of at least 4 members (excludes halogenated alkanes) is 1. The van der Waals surface area contributed by atoms with Crippen molar-refractivity contribution in [2.75, 3.05) is 91.6 Å². The average Bonchev–Trinajstić information content (AvgIpc) is 2.67. The molecule has 2 rings (SSSR count). The van der Waals surface area contributed by atoms with E-state index in [1.54, 1.807) is 0 Å². The number of amides is 1. The number of ether oxygens (including phenoxy) is 1. The highest BCUT2D eigenvalue weighted by atomic mass is 16.6. The second-order valence-corrected chi connectivity index (χ2v) is 9.29. The van der Waals surface area contributed by atoms with Gasteiger partial charge >= 0.3 is 6.09 Å². The number of carbonyl (C=O) groups is 1. The Morgan fingerprint density at radius 3 is 1.69 bits per heavy atom. The molecule has 2 aliphatic heterocycles. The van der Waals surface area contributed by atoms with Gasteiger partial charge in [0.15, 0.2) is 0 Å². The highest BCUT2D eigenvalue weighted by Crippen LogP contribution is 2.07. The molecule has 2 heterocycles. The minimum atomic E-state index is -0.428. The van der Waals surface area contributed by atoms with E-state index in [2.05, 4.69) is 24.9 Å². The van der Waals surface area contributed by atoms with Crippen LogP contribution in [0, 0.1) is 0 Å². The van der Waals surface area contributed by atoms with Crippen LogP contribution in [0.2, 0.25) is 0 Å². The van der Waals surface area contributed by atoms with Crippen LogP contribution in [0.5, 0.6) is 0 Å². The normalized spacial score (nSPS) is 20.7. The number of piperazine rings is 2. The lowest BCUT2D eigenvalue weighted by Gasteiger charge is -2.38. The summed E-state index contributed by atoms with van der Waals surface area (Å²) in [5.74, 6) is 0. The van der Waals surface area contributed by atoms with Crippen LogP contribution in [0.25, 0.3) is 0 Å². The molecule has 0 atom stereocenters. The number of alkyl carbamates (subject to hydrolysis) is 1. The van der Waals surface area contributed by atoms with Gasteiger partial charge in [-0.1, -0.05) is 0 Å². The lowest BCUT2D eigenvalue weighted by Crippen LogP contribution is -2.51. The van der Waals surface area contributed by atoms with Crippen molar-refractivity contribution in [1.29, 1.82) is 0 Å². The highest BCUT2D eigenvalue weighted by molar-refractivity contribution is 5.67. The molecule has 0 aliphatic carbocycles. The SMILES string of the molecule is CC(C)(C)OC(=O)NCCCCN1CCN(CCN2CCN(CCN)CC2)CC1. The maximum Gasteiger partial charge on any atom is 0.407 e. The second-order valence-electron chi connectivity index (χ2n) is 9.29. The highest BCUT2D eigenvalue weighted by Gasteiger charge is 2.20. The summed E-state index contributed by atoms with van der Waals surface area (Å²) < 4.78 is 5.25. The Bertz CT molecular complexity index is 455. The van der Waals surface area contributed by atoms with E-state index in [0.717, 1.165) is 58.7 Å². The maximum atomic E-state index is 11.6. The first-order valence-electron chi connectivity index (χ1n) is 11.4. The first-order chi connectivity index (χ1) is 13.9. The first kappa shape index (κ1) is 24.3. The van der Waals surface area contributed by atoms with Gasteiger partial charge in [-0.05, 0) is 40.2 Å². The van der Waals surface area contributed by atoms with E-state index >= 15 is 0 Å². The maximum absolute atomic E-state index is 11.6. The summed E-state index contributed by atoms with van der Waals surface area (Å²) in [6.07, 6.45) is 1.80. The minimum absolute atomic E-state index is 0.313. The molecule has 0 unspecified atom stereocenters. The molecule has 0 aromatic carbocycles. The molecule has 2 fully saturated rings. The Morgan fingerprint density at radius 2 is 1.24 bits per heavy atom. The molecule has 29 heavy (non-hydrogen) atoms. The van der Waals surface area contributed by atoms with E-state index in [4.69, 9.17) is 10.5 Å². The van der Waals surface area contributed by atoms with Crippen molar-refractivity contribution in [1.82, 2.24) is 24.9 Å². The zero-order valence-corrected chi connectivity index (χ0v) is 19.0. The molecule has 3 N–H and O–H groups in total. The molecule has 0 bridgehead atoms. The molecule has 1 amide bonds. The Balaban J connectivity index is 1.46. The van der Waals surface area contributed by atoms with Crippen molar-refractivity contribution in [3.63, 3.8) is 0 Å². The van der Waals surface area contributed by atoms with E-state index in [0.29, 0.717) is 6.54 Å². The molecular formula is C21H44N6O2. The van der Waals surface area contributed by atoms with Gasteiger partial charge in [-0.2, -0.15) is 0 Å². The third kappa shape index (κ3) is 10.6. The molecule has 0 saturated carbocycles. The topological polar surface area (TPSA) is 77.3 Å². The number of nitrogens with one attached hydrogen (secondary N) is 1. The number of rotatable bonds is 10. The average molecular weight is 413 g/mol. The van der Waals surface area contributed by atoms with Crippen molar-refractivity contribution in [3.8, 4) is 0 Å². The molecule has 2 saturated heterocycles. The number of nitrogens with two attached hydrogens (primary N) is 1. The minimum Gasteiger partial charge on any atom is -0.444 e. The van der Waals surface area contributed by atoms with Crippen molar-refractivity contribution >= 4 is 6.09 Å². The molecule has 8 nitrogen and oxygen atoms in total. The van der Waals surface area contributed by atoms with Crippen LogP contribution >= 0.6 is 0 Å². The van der Waals surface area contributed by atoms with Crippen LogP contribution < -0.4 is 11.1 Å². The van der Waals surface area contributed by atoms with Gasteiger partial charge in [0, 0.05) is 85.1 Å². The third-order valence-electron chi connectivity index (χ3n) is 5.68. The zero-order chi connectivity index (χ0) is 21.1. The molecule has 0 aromatic heterocycles. The molecule has 0 radical (unpaired) electrons. The summed E-state index contributed by atoms with van der Waals surface area (Å²) in [6.45, 7) is 21.0. The van der Waals surface area contributed by atoms with Crippen LogP contribution in [-0.2, 0) is 4.74 Å². The summed E-state index contributed by atoms with van der Waals surface area (Å²) in [7, 11) is 0. The van der Waals surface area contributed by atoms with E-state index < -0.39 is 5.60 Å². The first-order valence-corrected chi connectivity index (χ1v) is 11.4. The van der Waals surface area contributed by atoms with Gasteiger partial charge in [0.2, 0.25) is 0 Å². The summed E-state index contributed by atoms with van der Waals surface area (Å²) in [5, 5.41) is 2.84. The predicted molar refractivity (Wildman–Crippen MR) is 118 cm³/mol. The van der Waals surface area contributed by atoms with E-state index in [-0.39, 0.29) is 6.09 Å². The van der Waals surface area contributed by atoms with E-state index in [1.165, 1.54) is 39.3 Å². The quantitative estimate of drug-likeness (QED) is 0.506. The molecule has 2 aliphatic rings. The van der Waals surface area contributed by atoms with Gasteiger partial charge in [0.25, 0.3) is 0 Å². The Labute approximate surface area is 177 Å². The number of hydrogen-bond donors (Lipinski definition) is 2. The fourth-order valence-corrected chi connectivity index (χ4v) is 3.90. The van der Waals surface area contributed by atoms with Crippen LogP contribution in [-0.4, -0.2) is 123 Å². The summed E-state index contributed by atoms with van der Waals surface area (Å²) >= 11 is 0. The van der Waals surface area contributed by atoms with E-state index in [9.17, 15) is 4.79 Å². The van der Waals surface area contributed by atoms with Crippen LogP contribution in [0.15, 0.2) is 0 Å². The fraction of sp³-hybridized carbons (Fsp3) is 0.952. The lowest BCUT2D eigenvalue weighted by molar-refractivity contribution is 0.0526. The molecule has 0 aromatic rings. The molecule has 0 spiro atoms.